The van der Waals surface area contributed by atoms with Crippen molar-refractivity contribution < 1.29 is 9.53 Å². The van der Waals surface area contributed by atoms with Crippen molar-refractivity contribution in [3.8, 4) is 5.75 Å². The molecule has 7 heteroatoms. The van der Waals surface area contributed by atoms with Crippen molar-refractivity contribution in [1.82, 2.24) is 15.6 Å². The van der Waals surface area contributed by atoms with Crippen molar-refractivity contribution >= 4 is 30.7 Å². The molecule has 0 atom stereocenters. The number of aromatic nitrogens is 1. The van der Waals surface area contributed by atoms with Gasteiger partial charge in [0.25, 0.3) is 5.91 Å². The second-order valence-corrected chi connectivity index (χ2v) is 6.26. The molecule has 0 radical (unpaired) electrons. The number of ether oxygens (including phenoxy) is 1. The standard InChI is InChI=1S/C16H25N3O2.2ClH/c1-12(2)21-13-5-4-8-18-14(13)15(20)19-11-16(3)6-9-17-10-7-16;;/h4-5,8,12,17H,6-7,9-11H2,1-3H3,(H,19,20);2*1H. The Morgan fingerprint density at radius 2 is 2.04 bits per heavy atom. The van der Waals surface area contributed by atoms with E-state index in [9.17, 15) is 4.79 Å². The molecule has 1 saturated heterocycles. The van der Waals surface area contributed by atoms with E-state index < -0.39 is 0 Å². The van der Waals surface area contributed by atoms with E-state index in [1.54, 1.807) is 18.3 Å². The van der Waals surface area contributed by atoms with Crippen LogP contribution in [0.1, 0.15) is 44.1 Å². The average Bonchev–Trinajstić information content (AvgIpc) is 2.46. The molecule has 2 rings (SSSR count). The lowest BCUT2D eigenvalue weighted by molar-refractivity contribution is 0.0910. The summed E-state index contributed by atoms with van der Waals surface area (Å²) in [5, 5.41) is 6.36. The number of carbonyl (C=O) groups excluding carboxylic acids is 1. The van der Waals surface area contributed by atoms with Gasteiger partial charge in [-0.3, -0.25) is 4.79 Å². The molecule has 1 amide bonds. The summed E-state index contributed by atoms with van der Waals surface area (Å²) in [5.41, 5.74) is 0.526. The Balaban J connectivity index is 0.00000242. The molecule has 2 N–H and O–H groups in total. The zero-order valence-corrected chi connectivity index (χ0v) is 15.6. The van der Waals surface area contributed by atoms with Gasteiger partial charge in [0.15, 0.2) is 11.4 Å². The fourth-order valence-corrected chi connectivity index (χ4v) is 2.49. The van der Waals surface area contributed by atoms with Crippen LogP contribution >= 0.6 is 24.8 Å². The summed E-state index contributed by atoms with van der Waals surface area (Å²) in [4.78, 5) is 16.5. The van der Waals surface area contributed by atoms with Crippen molar-refractivity contribution in [2.75, 3.05) is 19.6 Å². The van der Waals surface area contributed by atoms with Gasteiger partial charge in [-0.15, -0.1) is 24.8 Å². The third kappa shape index (κ3) is 6.53. The van der Waals surface area contributed by atoms with Crippen LogP contribution in [0.2, 0.25) is 0 Å². The number of rotatable bonds is 5. The molecule has 132 valence electrons. The largest absolute Gasteiger partial charge is 0.489 e. The van der Waals surface area contributed by atoms with Gasteiger partial charge in [0.2, 0.25) is 0 Å². The van der Waals surface area contributed by atoms with Crippen LogP contribution in [0.25, 0.3) is 0 Å². The zero-order valence-electron chi connectivity index (χ0n) is 13.9. The number of carbonyl (C=O) groups is 1. The Kier molecular flexibility index (Phi) is 9.51. The van der Waals surface area contributed by atoms with Crippen LogP contribution in [0.3, 0.4) is 0 Å². The van der Waals surface area contributed by atoms with Gasteiger partial charge < -0.3 is 15.4 Å². The van der Waals surface area contributed by atoms with Gasteiger partial charge in [-0.05, 0) is 57.3 Å². The fraction of sp³-hybridized carbons (Fsp3) is 0.625. The van der Waals surface area contributed by atoms with E-state index in [1.807, 2.05) is 13.8 Å². The maximum atomic E-state index is 12.4. The number of hydrogen-bond donors (Lipinski definition) is 2. The lowest BCUT2D eigenvalue weighted by atomic mass is 9.81. The van der Waals surface area contributed by atoms with Crippen molar-refractivity contribution in [3.05, 3.63) is 24.0 Å². The molecule has 0 aromatic carbocycles. The van der Waals surface area contributed by atoms with Gasteiger partial charge in [-0.25, -0.2) is 4.98 Å². The van der Waals surface area contributed by atoms with Crippen LogP contribution in [0.4, 0.5) is 0 Å². The fourth-order valence-electron chi connectivity index (χ4n) is 2.49. The minimum atomic E-state index is -0.161. The zero-order chi connectivity index (χ0) is 15.3. The summed E-state index contributed by atoms with van der Waals surface area (Å²) in [6, 6.07) is 3.57. The monoisotopic (exact) mass is 363 g/mol. The molecule has 0 aliphatic carbocycles. The van der Waals surface area contributed by atoms with Gasteiger partial charge in [0.1, 0.15) is 0 Å². The third-order valence-corrected chi connectivity index (χ3v) is 3.83. The Bertz CT molecular complexity index is 492. The molecule has 1 aliphatic heterocycles. The van der Waals surface area contributed by atoms with Gasteiger partial charge in [0.05, 0.1) is 6.10 Å². The Hall–Kier alpha value is -1.04. The first-order valence-corrected chi connectivity index (χ1v) is 7.61. The van der Waals surface area contributed by atoms with Gasteiger partial charge in [-0.1, -0.05) is 6.92 Å². The summed E-state index contributed by atoms with van der Waals surface area (Å²) >= 11 is 0. The predicted molar refractivity (Wildman–Crippen MR) is 97.0 cm³/mol. The van der Waals surface area contributed by atoms with Gasteiger partial charge in [0, 0.05) is 12.7 Å². The first-order valence-electron chi connectivity index (χ1n) is 7.61. The average molecular weight is 364 g/mol. The van der Waals surface area contributed by atoms with E-state index in [-0.39, 0.29) is 42.2 Å². The normalized spacial score (nSPS) is 16.0. The summed E-state index contributed by atoms with van der Waals surface area (Å²) in [7, 11) is 0. The highest BCUT2D eigenvalue weighted by Gasteiger charge is 2.27. The maximum absolute atomic E-state index is 12.4. The van der Waals surface area contributed by atoms with Gasteiger partial charge >= 0.3 is 0 Å². The highest BCUT2D eigenvalue weighted by molar-refractivity contribution is 5.94. The van der Waals surface area contributed by atoms with E-state index in [1.165, 1.54) is 0 Å². The number of piperidine rings is 1. The number of pyridine rings is 1. The summed E-state index contributed by atoms with van der Waals surface area (Å²) in [6.07, 6.45) is 3.78. The Morgan fingerprint density at radius 1 is 1.39 bits per heavy atom. The van der Waals surface area contributed by atoms with E-state index in [4.69, 9.17) is 4.74 Å². The van der Waals surface area contributed by atoms with Crippen LogP contribution in [0.15, 0.2) is 18.3 Å². The quantitative estimate of drug-likeness (QED) is 0.844. The van der Waals surface area contributed by atoms with E-state index in [0.717, 1.165) is 25.9 Å². The molecule has 23 heavy (non-hydrogen) atoms. The number of amides is 1. The van der Waals surface area contributed by atoms with Crippen LogP contribution < -0.4 is 15.4 Å². The van der Waals surface area contributed by atoms with Crippen molar-refractivity contribution in [2.24, 2.45) is 5.41 Å². The number of hydrogen-bond acceptors (Lipinski definition) is 4. The molecule has 1 aromatic heterocycles. The highest BCUT2D eigenvalue weighted by atomic mass is 35.5. The minimum absolute atomic E-state index is 0. The maximum Gasteiger partial charge on any atom is 0.273 e. The highest BCUT2D eigenvalue weighted by Crippen LogP contribution is 2.27. The van der Waals surface area contributed by atoms with E-state index in [0.29, 0.717) is 18.0 Å². The van der Waals surface area contributed by atoms with Crippen LogP contribution in [-0.4, -0.2) is 36.6 Å². The smallest absolute Gasteiger partial charge is 0.273 e. The first kappa shape index (κ1) is 22.0. The molecule has 1 fully saturated rings. The van der Waals surface area contributed by atoms with Crippen LogP contribution in [0.5, 0.6) is 5.75 Å². The molecule has 0 bridgehead atoms. The summed E-state index contributed by atoms with van der Waals surface area (Å²) in [6.45, 7) is 8.79. The Morgan fingerprint density at radius 3 is 2.65 bits per heavy atom. The van der Waals surface area contributed by atoms with Gasteiger partial charge in [-0.2, -0.15) is 0 Å². The summed E-state index contributed by atoms with van der Waals surface area (Å²) < 4.78 is 5.65. The first-order chi connectivity index (χ1) is 10.0. The van der Waals surface area contributed by atoms with E-state index >= 15 is 0 Å². The number of nitrogens with zero attached hydrogens (tertiary/aromatic N) is 1. The minimum Gasteiger partial charge on any atom is -0.489 e. The molecule has 0 unspecified atom stereocenters. The SMILES string of the molecule is CC(C)Oc1cccnc1C(=O)NCC1(C)CCNCC1.Cl.Cl. The molecule has 0 spiro atoms. The Labute approximate surface area is 150 Å². The lowest BCUT2D eigenvalue weighted by Crippen LogP contribution is -2.43. The second-order valence-electron chi connectivity index (χ2n) is 6.26. The molecule has 1 aromatic rings. The predicted octanol–water partition coefficient (Wildman–Crippen LogP) is 2.83. The van der Waals surface area contributed by atoms with Crippen molar-refractivity contribution in [2.45, 2.75) is 39.7 Å². The second kappa shape index (κ2) is 9.96. The van der Waals surface area contributed by atoms with Crippen LogP contribution in [-0.2, 0) is 0 Å². The van der Waals surface area contributed by atoms with Crippen LogP contribution in [0, 0.1) is 5.41 Å². The lowest BCUT2D eigenvalue weighted by Gasteiger charge is -2.34. The summed E-state index contributed by atoms with van der Waals surface area (Å²) in [5.74, 6) is 0.381. The van der Waals surface area contributed by atoms with Crippen molar-refractivity contribution in [1.29, 1.82) is 0 Å². The third-order valence-electron chi connectivity index (χ3n) is 3.83. The number of nitrogens with one attached hydrogen (secondary N) is 2. The molecular weight excluding hydrogens is 337 g/mol. The molecule has 0 saturated carbocycles. The topological polar surface area (TPSA) is 63.2 Å². The van der Waals surface area contributed by atoms with Crippen molar-refractivity contribution in [3.63, 3.8) is 0 Å². The molecular formula is C16H27Cl2N3O2. The number of halogens is 2. The molecule has 5 nitrogen and oxygen atoms in total. The molecule has 2 heterocycles. The van der Waals surface area contributed by atoms with E-state index in [2.05, 4.69) is 22.5 Å². The molecule has 1 aliphatic rings.